The molecular formula is C20H23N7. The Morgan fingerprint density at radius 1 is 1.22 bits per heavy atom. The van der Waals surface area contributed by atoms with Crippen LogP contribution in [0.15, 0.2) is 36.9 Å². The summed E-state index contributed by atoms with van der Waals surface area (Å²) < 4.78 is 1.89. The highest BCUT2D eigenvalue weighted by atomic mass is 15.1. The van der Waals surface area contributed by atoms with Gasteiger partial charge in [0.2, 0.25) is 0 Å². The molecule has 0 atom stereocenters. The zero-order valence-electron chi connectivity index (χ0n) is 15.4. The number of fused-ring (bicyclic) bond motifs is 1. The molecule has 1 saturated carbocycles. The van der Waals surface area contributed by atoms with Gasteiger partial charge in [0, 0.05) is 43.4 Å². The van der Waals surface area contributed by atoms with E-state index in [-0.39, 0.29) is 0 Å². The smallest absolute Gasteiger partial charge is 0.149 e. The molecule has 0 radical (unpaired) electrons. The second-order valence-electron chi connectivity index (χ2n) is 7.20. The first-order chi connectivity index (χ1) is 13.2. The van der Waals surface area contributed by atoms with Crippen LogP contribution in [0.3, 0.4) is 0 Å². The van der Waals surface area contributed by atoms with Crippen molar-refractivity contribution >= 4 is 28.4 Å². The Kier molecular flexibility index (Phi) is 4.88. The molecule has 0 bridgehead atoms. The van der Waals surface area contributed by atoms with Gasteiger partial charge in [-0.25, -0.2) is 9.97 Å². The number of nitrogens with zero attached hydrogens (tertiary/aromatic N) is 5. The summed E-state index contributed by atoms with van der Waals surface area (Å²) in [6, 6.07) is 8.60. The molecular weight excluding hydrogens is 338 g/mol. The van der Waals surface area contributed by atoms with Gasteiger partial charge in [0.25, 0.3) is 0 Å². The molecule has 3 aromatic heterocycles. The van der Waals surface area contributed by atoms with Gasteiger partial charge in [-0.05, 0) is 43.7 Å². The minimum absolute atomic E-state index is 0.376. The number of rotatable bonds is 5. The third kappa shape index (κ3) is 4.00. The average molecular weight is 361 g/mol. The van der Waals surface area contributed by atoms with Crippen molar-refractivity contribution in [2.45, 2.75) is 38.1 Å². The number of hydrogen-bond acceptors (Lipinski definition) is 6. The highest BCUT2D eigenvalue weighted by Gasteiger charge is 2.22. The van der Waals surface area contributed by atoms with E-state index in [1.807, 2.05) is 36.0 Å². The van der Waals surface area contributed by atoms with E-state index >= 15 is 0 Å². The van der Waals surface area contributed by atoms with E-state index in [4.69, 9.17) is 10.2 Å². The van der Waals surface area contributed by atoms with Crippen molar-refractivity contribution in [1.29, 1.82) is 5.26 Å². The van der Waals surface area contributed by atoms with Gasteiger partial charge in [-0.1, -0.05) is 0 Å². The molecule has 0 amide bonds. The van der Waals surface area contributed by atoms with E-state index < -0.39 is 0 Å². The maximum absolute atomic E-state index is 8.90. The molecule has 4 rings (SSSR count). The van der Waals surface area contributed by atoms with Gasteiger partial charge in [0.05, 0.1) is 17.9 Å². The number of anilines is 3. The summed E-state index contributed by atoms with van der Waals surface area (Å²) in [5, 5.41) is 16.8. The fourth-order valence-corrected chi connectivity index (χ4v) is 3.69. The zero-order valence-corrected chi connectivity index (χ0v) is 15.4. The molecule has 3 heterocycles. The standard InChI is InChI=1S/C20H23N7/c1-27-12-19(23-13-27)25-18-11-17-16(3-2-10-22-17)20(26-18)24-15-6-4-14(5-7-15)8-9-21/h2-3,10-15H,4-8H2,1H3,(H2,24,25,26)/t14-,15-. The van der Waals surface area contributed by atoms with Crippen LogP contribution in [0.2, 0.25) is 0 Å². The number of aryl methyl sites for hydroxylation is 1. The molecule has 27 heavy (non-hydrogen) atoms. The minimum Gasteiger partial charge on any atom is -0.367 e. The predicted molar refractivity (Wildman–Crippen MR) is 106 cm³/mol. The molecule has 0 spiro atoms. The molecule has 2 N–H and O–H groups in total. The van der Waals surface area contributed by atoms with E-state index in [0.29, 0.717) is 18.4 Å². The largest absolute Gasteiger partial charge is 0.367 e. The Hall–Kier alpha value is -3.14. The summed E-state index contributed by atoms with van der Waals surface area (Å²) in [5.41, 5.74) is 0.895. The van der Waals surface area contributed by atoms with Crippen LogP contribution in [0.5, 0.6) is 0 Å². The molecule has 0 aliphatic heterocycles. The number of aromatic nitrogens is 4. The Balaban J connectivity index is 1.56. The number of pyridine rings is 2. The third-order valence-electron chi connectivity index (χ3n) is 5.13. The Bertz CT molecular complexity index is 964. The number of nitrogens with one attached hydrogen (secondary N) is 2. The highest BCUT2D eigenvalue weighted by Crippen LogP contribution is 2.31. The van der Waals surface area contributed by atoms with Crippen molar-refractivity contribution in [3.8, 4) is 6.07 Å². The van der Waals surface area contributed by atoms with E-state index in [2.05, 4.69) is 26.7 Å². The molecule has 1 aliphatic carbocycles. The van der Waals surface area contributed by atoms with Crippen LogP contribution in [0.1, 0.15) is 32.1 Å². The summed E-state index contributed by atoms with van der Waals surface area (Å²) in [6.07, 6.45) is 10.4. The molecule has 1 aliphatic rings. The van der Waals surface area contributed by atoms with Crippen LogP contribution in [-0.2, 0) is 7.05 Å². The normalized spacial score (nSPS) is 19.6. The van der Waals surface area contributed by atoms with Crippen LogP contribution in [0.25, 0.3) is 10.9 Å². The Morgan fingerprint density at radius 2 is 2.07 bits per heavy atom. The predicted octanol–water partition coefficient (Wildman–Crippen LogP) is 3.99. The summed E-state index contributed by atoms with van der Waals surface area (Å²) in [6.45, 7) is 0. The maximum Gasteiger partial charge on any atom is 0.149 e. The van der Waals surface area contributed by atoms with Crippen LogP contribution < -0.4 is 10.6 Å². The molecule has 7 heteroatoms. The quantitative estimate of drug-likeness (QED) is 0.714. The maximum atomic E-state index is 8.90. The SMILES string of the molecule is Cn1cnc(Nc2cc3ncccc3c(N[C@H]3CC[C@H](CC#N)CC3)n2)c1. The second kappa shape index (κ2) is 7.62. The fraction of sp³-hybridized carbons (Fsp3) is 0.400. The van der Waals surface area contributed by atoms with Crippen LogP contribution >= 0.6 is 0 Å². The van der Waals surface area contributed by atoms with Gasteiger partial charge in [0.15, 0.2) is 0 Å². The lowest BCUT2D eigenvalue weighted by atomic mass is 9.84. The second-order valence-corrected chi connectivity index (χ2v) is 7.20. The van der Waals surface area contributed by atoms with Crippen molar-refractivity contribution < 1.29 is 0 Å². The summed E-state index contributed by atoms with van der Waals surface area (Å²) in [4.78, 5) is 13.6. The van der Waals surface area contributed by atoms with Crippen LogP contribution in [0, 0.1) is 17.2 Å². The average Bonchev–Trinajstić information content (AvgIpc) is 3.08. The molecule has 1 fully saturated rings. The summed E-state index contributed by atoms with van der Waals surface area (Å²) >= 11 is 0. The molecule has 0 aromatic carbocycles. The van der Waals surface area contributed by atoms with Gasteiger partial charge in [-0.3, -0.25) is 4.98 Å². The van der Waals surface area contributed by atoms with Crippen molar-refractivity contribution in [3.05, 3.63) is 36.9 Å². The van der Waals surface area contributed by atoms with Gasteiger partial charge in [-0.2, -0.15) is 5.26 Å². The van der Waals surface area contributed by atoms with Gasteiger partial charge in [-0.15, -0.1) is 0 Å². The molecule has 0 unspecified atom stereocenters. The fourth-order valence-electron chi connectivity index (χ4n) is 3.69. The Labute approximate surface area is 158 Å². The summed E-state index contributed by atoms with van der Waals surface area (Å²) in [7, 11) is 1.93. The molecule has 0 saturated heterocycles. The van der Waals surface area contributed by atoms with E-state index in [9.17, 15) is 0 Å². The van der Waals surface area contributed by atoms with E-state index in [1.165, 1.54) is 0 Å². The van der Waals surface area contributed by atoms with Crippen molar-refractivity contribution in [2.75, 3.05) is 10.6 Å². The topological polar surface area (TPSA) is 91.5 Å². The number of nitriles is 1. The Morgan fingerprint density at radius 3 is 2.81 bits per heavy atom. The summed E-state index contributed by atoms with van der Waals surface area (Å²) in [5.74, 6) is 2.86. The lowest BCUT2D eigenvalue weighted by molar-refractivity contribution is 0.342. The van der Waals surface area contributed by atoms with Gasteiger partial charge in [0.1, 0.15) is 17.5 Å². The van der Waals surface area contributed by atoms with Crippen LogP contribution in [-0.4, -0.2) is 25.6 Å². The minimum atomic E-state index is 0.376. The first-order valence-electron chi connectivity index (χ1n) is 9.35. The highest BCUT2D eigenvalue weighted by molar-refractivity contribution is 5.91. The lowest BCUT2D eigenvalue weighted by Crippen LogP contribution is -2.26. The number of imidazole rings is 1. The van der Waals surface area contributed by atoms with Crippen molar-refractivity contribution in [1.82, 2.24) is 19.5 Å². The molecule has 3 aromatic rings. The third-order valence-corrected chi connectivity index (χ3v) is 5.13. The van der Waals surface area contributed by atoms with Crippen LogP contribution in [0.4, 0.5) is 17.5 Å². The molecule has 7 nitrogen and oxygen atoms in total. The monoisotopic (exact) mass is 361 g/mol. The van der Waals surface area contributed by atoms with E-state index in [1.54, 1.807) is 12.5 Å². The van der Waals surface area contributed by atoms with E-state index in [0.717, 1.165) is 54.0 Å². The number of hydrogen-bond donors (Lipinski definition) is 2. The van der Waals surface area contributed by atoms with Gasteiger partial charge < -0.3 is 15.2 Å². The first kappa shape index (κ1) is 17.3. The molecule has 138 valence electrons. The zero-order chi connectivity index (χ0) is 18.6. The van der Waals surface area contributed by atoms with Crippen molar-refractivity contribution in [2.24, 2.45) is 13.0 Å². The lowest BCUT2D eigenvalue weighted by Gasteiger charge is -2.28. The van der Waals surface area contributed by atoms with Crippen molar-refractivity contribution in [3.63, 3.8) is 0 Å². The first-order valence-corrected chi connectivity index (χ1v) is 9.35. The van der Waals surface area contributed by atoms with Gasteiger partial charge >= 0.3 is 0 Å².